The van der Waals surface area contributed by atoms with E-state index in [0.29, 0.717) is 12.6 Å². The van der Waals surface area contributed by atoms with Crippen LogP contribution in [0.25, 0.3) is 0 Å². The van der Waals surface area contributed by atoms with Gasteiger partial charge in [0.1, 0.15) is 18.7 Å². The van der Waals surface area contributed by atoms with E-state index in [-0.39, 0.29) is 0 Å². The fourth-order valence-corrected chi connectivity index (χ4v) is 3.67. The van der Waals surface area contributed by atoms with E-state index < -0.39 is 0 Å². The highest BCUT2D eigenvalue weighted by Gasteiger charge is 2.35. The van der Waals surface area contributed by atoms with Gasteiger partial charge in [-0.2, -0.15) is 0 Å². The fraction of sp³-hybridized carbons (Fsp3) is 0.533. The van der Waals surface area contributed by atoms with E-state index in [1.54, 1.807) is 0 Å². The lowest BCUT2D eigenvalue weighted by molar-refractivity contribution is -0.105. The van der Waals surface area contributed by atoms with Crippen molar-refractivity contribution < 1.29 is 9.53 Å². The Kier molecular flexibility index (Phi) is 2.52. The number of allylic oxidation sites excluding steroid dienone is 1. The van der Waals surface area contributed by atoms with Crippen LogP contribution in [0.4, 0.5) is 0 Å². The topological polar surface area (TPSA) is 32.8 Å². The van der Waals surface area contributed by atoms with Gasteiger partial charge in [-0.05, 0) is 31.4 Å². The zero-order valence-corrected chi connectivity index (χ0v) is 10.9. The minimum absolute atomic E-state index is 0.419. The number of ether oxygens (including phenoxy) is 1. The Labute approximate surface area is 113 Å². The van der Waals surface area contributed by atoms with Crippen LogP contribution < -0.4 is 0 Å². The first-order valence-corrected chi connectivity index (χ1v) is 7.05. The van der Waals surface area contributed by atoms with Crippen molar-refractivity contribution in [2.45, 2.75) is 18.9 Å². The zero-order valence-electron chi connectivity index (χ0n) is 10.9. The van der Waals surface area contributed by atoms with Crippen LogP contribution in [0.2, 0.25) is 0 Å². The summed E-state index contributed by atoms with van der Waals surface area (Å²) in [6.07, 6.45) is 9.72. The molecule has 1 unspecified atom stereocenters. The molecule has 0 amide bonds. The SMILES string of the molecule is O=CC1=C2C=CN([C@@H]3C[C@H]4CCN(C4)C3)C=C2OC1. The molecule has 100 valence electrons. The molecule has 0 saturated carbocycles. The van der Waals surface area contributed by atoms with Gasteiger partial charge in [-0.1, -0.05) is 0 Å². The van der Waals surface area contributed by atoms with Gasteiger partial charge in [-0.3, -0.25) is 4.79 Å². The number of nitrogens with zero attached hydrogens (tertiary/aromatic N) is 2. The highest BCUT2D eigenvalue weighted by atomic mass is 16.5. The average Bonchev–Trinajstić information content (AvgIpc) is 3.01. The number of carbonyl (C=O) groups is 1. The first kappa shape index (κ1) is 11.3. The Morgan fingerprint density at radius 2 is 2.32 bits per heavy atom. The molecule has 3 atom stereocenters. The summed E-state index contributed by atoms with van der Waals surface area (Å²) >= 11 is 0. The van der Waals surface area contributed by atoms with Crippen molar-refractivity contribution in [3.8, 4) is 0 Å². The van der Waals surface area contributed by atoms with E-state index in [9.17, 15) is 4.79 Å². The van der Waals surface area contributed by atoms with Gasteiger partial charge in [0.05, 0.1) is 0 Å². The van der Waals surface area contributed by atoms with Crippen LogP contribution in [-0.4, -0.2) is 48.4 Å². The summed E-state index contributed by atoms with van der Waals surface area (Å²) in [5, 5.41) is 0. The van der Waals surface area contributed by atoms with Crippen LogP contribution in [0.3, 0.4) is 0 Å². The maximum atomic E-state index is 10.9. The van der Waals surface area contributed by atoms with Gasteiger partial charge in [-0.25, -0.2) is 0 Å². The van der Waals surface area contributed by atoms with Crippen LogP contribution in [-0.2, 0) is 9.53 Å². The average molecular weight is 258 g/mol. The molecular weight excluding hydrogens is 240 g/mol. The first-order chi connectivity index (χ1) is 9.33. The summed E-state index contributed by atoms with van der Waals surface area (Å²) < 4.78 is 5.60. The van der Waals surface area contributed by atoms with Gasteiger partial charge in [0.15, 0.2) is 0 Å². The van der Waals surface area contributed by atoms with Gasteiger partial charge in [0.25, 0.3) is 0 Å². The number of piperidine rings is 1. The maximum Gasteiger partial charge on any atom is 0.150 e. The molecule has 0 radical (unpaired) electrons. The van der Waals surface area contributed by atoms with E-state index >= 15 is 0 Å². The molecule has 4 aliphatic rings. The van der Waals surface area contributed by atoms with Crippen molar-refractivity contribution in [2.24, 2.45) is 5.92 Å². The second-order valence-corrected chi connectivity index (χ2v) is 5.91. The van der Waals surface area contributed by atoms with Gasteiger partial charge >= 0.3 is 0 Å². The summed E-state index contributed by atoms with van der Waals surface area (Å²) in [5.41, 5.74) is 1.72. The van der Waals surface area contributed by atoms with Crippen molar-refractivity contribution in [1.29, 1.82) is 0 Å². The predicted molar refractivity (Wildman–Crippen MR) is 71.1 cm³/mol. The summed E-state index contributed by atoms with van der Waals surface area (Å²) in [6.45, 7) is 4.10. The number of rotatable bonds is 2. The zero-order chi connectivity index (χ0) is 12.8. The summed E-state index contributed by atoms with van der Waals surface area (Å²) in [7, 11) is 0. The van der Waals surface area contributed by atoms with Crippen LogP contribution in [0.5, 0.6) is 0 Å². The van der Waals surface area contributed by atoms with Crippen molar-refractivity contribution in [3.05, 3.63) is 35.4 Å². The minimum atomic E-state index is 0.419. The molecule has 4 heterocycles. The maximum absolute atomic E-state index is 10.9. The Morgan fingerprint density at radius 1 is 1.37 bits per heavy atom. The Hall–Kier alpha value is -1.55. The van der Waals surface area contributed by atoms with E-state index in [0.717, 1.165) is 35.7 Å². The third kappa shape index (κ3) is 1.82. The molecule has 2 bridgehead atoms. The molecule has 19 heavy (non-hydrogen) atoms. The minimum Gasteiger partial charge on any atom is -0.487 e. The summed E-state index contributed by atoms with van der Waals surface area (Å²) in [5.74, 6) is 1.72. The lowest BCUT2D eigenvalue weighted by atomic mass is 9.95. The molecule has 0 aromatic rings. The highest BCUT2D eigenvalue weighted by molar-refractivity contribution is 5.79. The molecule has 0 aliphatic carbocycles. The van der Waals surface area contributed by atoms with Crippen molar-refractivity contribution in [1.82, 2.24) is 9.80 Å². The molecular formula is C15H18N2O2. The van der Waals surface area contributed by atoms with Gasteiger partial charge in [0, 0.05) is 42.7 Å². The molecule has 4 rings (SSSR count). The van der Waals surface area contributed by atoms with Gasteiger partial charge < -0.3 is 14.5 Å². The van der Waals surface area contributed by atoms with Crippen LogP contribution in [0.1, 0.15) is 12.8 Å². The highest BCUT2D eigenvalue weighted by Crippen LogP contribution is 2.34. The van der Waals surface area contributed by atoms with Crippen molar-refractivity contribution in [3.63, 3.8) is 0 Å². The van der Waals surface area contributed by atoms with E-state index in [2.05, 4.69) is 22.2 Å². The van der Waals surface area contributed by atoms with Gasteiger partial charge in [0.2, 0.25) is 0 Å². The summed E-state index contributed by atoms with van der Waals surface area (Å²) in [4.78, 5) is 15.8. The largest absolute Gasteiger partial charge is 0.487 e. The molecule has 4 aliphatic heterocycles. The number of hydrogen-bond donors (Lipinski definition) is 0. The quantitative estimate of drug-likeness (QED) is 0.699. The Balaban J connectivity index is 1.56. The lowest BCUT2D eigenvalue weighted by Gasteiger charge is -2.37. The normalized spacial score (nSPS) is 36.1. The van der Waals surface area contributed by atoms with Gasteiger partial charge in [-0.15, -0.1) is 0 Å². The number of hydrogen-bond acceptors (Lipinski definition) is 4. The van der Waals surface area contributed by atoms with Crippen LogP contribution in [0.15, 0.2) is 35.4 Å². The number of aldehydes is 1. The van der Waals surface area contributed by atoms with Crippen LogP contribution >= 0.6 is 0 Å². The molecule has 4 nitrogen and oxygen atoms in total. The first-order valence-electron chi connectivity index (χ1n) is 7.05. The molecule has 0 aromatic carbocycles. The van der Waals surface area contributed by atoms with E-state index in [1.165, 1.54) is 25.9 Å². The third-order valence-electron chi connectivity index (χ3n) is 4.68. The molecule has 0 aromatic heterocycles. The lowest BCUT2D eigenvalue weighted by Crippen LogP contribution is -2.43. The second kappa shape index (κ2) is 4.23. The molecule has 0 N–H and O–H groups in total. The molecule has 2 saturated heterocycles. The number of fused-ring (bicyclic) bond motifs is 3. The predicted octanol–water partition coefficient (Wildman–Crippen LogP) is 1.28. The fourth-order valence-electron chi connectivity index (χ4n) is 3.67. The summed E-state index contributed by atoms with van der Waals surface area (Å²) in [6, 6.07) is 0.551. The monoisotopic (exact) mass is 258 g/mol. The molecule has 4 heteroatoms. The van der Waals surface area contributed by atoms with Crippen LogP contribution in [0, 0.1) is 5.92 Å². The van der Waals surface area contributed by atoms with E-state index in [1.807, 2.05) is 6.08 Å². The molecule has 0 spiro atoms. The Morgan fingerprint density at radius 3 is 3.16 bits per heavy atom. The van der Waals surface area contributed by atoms with Crippen molar-refractivity contribution in [2.75, 3.05) is 26.2 Å². The number of carbonyl (C=O) groups excluding carboxylic acids is 1. The third-order valence-corrected chi connectivity index (χ3v) is 4.68. The van der Waals surface area contributed by atoms with Crippen molar-refractivity contribution >= 4 is 6.29 Å². The smallest absolute Gasteiger partial charge is 0.150 e. The molecule has 2 fully saturated rings. The second-order valence-electron chi connectivity index (χ2n) is 5.91. The standard InChI is InChI=1S/C15H18N2O2/c18-9-12-10-19-15-8-17(4-2-14(12)15)13-5-11-1-3-16(6-11)7-13/h2,4,8-9,11,13H,1,3,5-7,10H2/t11-,13-/m1/s1. The van der Waals surface area contributed by atoms with E-state index in [4.69, 9.17) is 4.74 Å². The Bertz CT molecular complexity index is 494.